The first-order chi connectivity index (χ1) is 18.9. The lowest BCUT2D eigenvalue weighted by Gasteiger charge is -2.29. The van der Waals surface area contributed by atoms with Gasteiger partial charge in [-0.05, 0) is 59.7 Å². The number of alkyl halides is 2. The van der Waals surface area contributed by atoms with Gasteiger partial charge < -0.3 is 14.4 Å². The van der Waals surface area contributed by atoms with Crippen LogP contribution in [-0.2, 0) is 29.9 Å². The number of hydrogen-bond donors (Lipinski definition) is 0. The summed E-state index contributed by atoms with van der Waals surface area (Å²) < 4.78 is 38.5. The summed E-state index contributed by atoms with van der Waals surface area (Å²) in [6, 6.07) is 19.0. The molecule has 0 spiro atoms. The molecule has 2 heterocycles. The maximum atomic E-state index is 13.7. The van der Waals surface area contributed by atoms with Gasteiger partial charge in [-0.1, -0.05) is 49.4 Å². The van der Waals surface area contributed by atoms with Crippen molar-refractivity contribution in [3.63, 3.8) is 0 Å². The molecule has 7 heteroatoms. The van der Waals surface area contributed by atoms with E-state index in [4.69, 9.17) is 19.4 Å². The van der Waals surface area contributed by atoms with E-state index in [1.54, 1.807) is 19.2 Å². The van der Waals surface area contributed by atoms with E-state index in [9.17, 15) is 8.78 Å². The van der Waals surface area contributed by atoms with E-state index in [1.165, 1.54) is 23.3 Å². The minimum Gasteiger partial charge on any atom is -0.496 e. The molecule has 0 radical (unpaired) electrons. The zero-order valence-electron chi connectivity index (χ0n) is 22.8. The van der Waals surface area contributed by atoms with Crippen molar-refractivity contribution in [3.8, 4) is 16.9 Å². The summed E-state index contributed by atoms with van der Waals surface area (Å²) >= 11 is 0. The molecule has 0 amide bonds. The average Bonchev–Trinajstić information content (AvgIpc) is 2.96. The number of nitrogens with zero attached hydrogens (tertiary/aromatic N) is 3. The highest BCUT2D eigenvalue weighted by atomic mass is 19.3. The van der Waals surface area contributed by atoms with Gasteiger partial charge in [-0.3, -0.25) is 0 Å². The Labute approximate surface area is 228 Å². The highest BCUT2D eigenvalue weighted by Gasteiger charge is 2.24. The maximum absolute atomic E-state index is 13.7. The molecule has 3 aromatic carbocycles. The number of aromatic nitrogens is 2. The topological polar surface area (TPSA) is 47.5 Å². The van der Waals surface area contributed by atoms with Crippen LogP contribution in [0.4, 0.5) is 14.6 Å². The van der Waals surface area contributed by atoms with E-state index < -0.39 is 5.92 Å². The van der Waals surface area contributed by atoms with Gasteiger partial charge in [0.05, 0.1) is 25.8 Å². The fourth-order valence-corrected chi connectivity index (χ4v) is 5.14. The van der Waals surface area contributed by atoms with E-state index in [2.05, 4.69) is 36.1 Å². The standard InChI is InChI=1S/C32H35F2N3O2/c1-4-23-20-22(8-15-29(23)38-3)6-5-7-30-35-28-14-11-25(24-9-12-26(13-10-24)32(2,33)34)21-27(28)31(36-30)37-16-18-39-19-17-37/h8-15,20-21H,4-7,16-19H2,1-3H3. The van der Waals surface area contributed by atoms with Gasteiger partial charge in [0.15, 0.2) is 0 Å². The smallest absolute Gasteiger partial charge is 0.270 e. The van der Waals surface area contributed by atoms with Gasteiger partial charge in [0.25, 0.3) is 5.92 Å². The van der Waals surface area contributed by atoms with Crippen molar-refractivity contribution in [1.82, 2.24) is 9.97 Å². The first-order valence-electron chi connectivity index (χ1n) is 13.6. The Hall–Kier alpha value is -3.58. The van der Waals surface area contributed by atoms with Crippen molar-refractivity contribution in [3.05, 3.63) is 83.2 Å². The predicted molar refractivity (Wildman–Crippen MR) is 152 cm³/mol. The van der Waals surface area contributed by atoms with E-state index in [1.807, 2.05) is 12.1 Å². The number of benzene rings is 3. The molecule has 4 aromatic rings. The van der Waals surface area contributed by atoms with Gasteiger partial charge in [0.1, 0.15) is 17.4 Å². The lowest BCUT2D eigenvalue weighted by atomic mass is 10.00. The molecule has 0 saturated carbocycles. The van der Waals surface area contributed by atoms with Crippen molar-refractivity contribution in [2.75, 3.05) is 38.3 Å². The minimum absolute atomic E-state index is 0.00887. The summed E-state index contributed by atoms with van der Waals surface area (Å²) in [4.78, 5) is 12.2. The fraction of sp³-hybridized carbons (Fsp3) is 0.375. The molecule has 1 fully saturated rings. The zero-order chi connectivity index (χ0) is 27.4. The molecule has 1 saturated heterocycles. The summed E-state index contributed by atoms with van der Waals surface area (Å²) in [5, 5.41) is 0.964. The Kier molecular flexibility index (Phi) is 8.07. The highest BCUT2D eigenvalue weighted by molar-refractivity contribution is 5.93. The Bertz CT molecular complexity index is 1430. The van der Waals surface area contributed by atoms with Crippen molar-refractivity contribution in [1.29, 1.82) is 0 Å². The molecule has 5 nitrogen and oxygen atoms in total. The number of anilines is 1. The Balaban J connectivity index is 1.42. The fourth-order valence-electron chi connectivity index (χ4n) is 5.14. The van der Waals surface area contributed by atoms with Crippen LogP contribution >= 0.6 is 0 Å². The summed E-state index contributed by atoms with van der Waals surface area (Å²) in [7, 11) is 1.71. The summed E-state index contributed by atoms with van der Waals surface area (Å²) in [6.45, 7) is 5.90. The third kappa shape index (κ3) is 6.19. The molecular formula is C32H35F2N3O2. The number of halogens is 2. The van der Waals surface area contributed by atoms with Gasteiger partial charge in [-0.25, -0.2) is 18.7 Å². The number of ether oxygens (including phenoxy) is 2. The molecule has 39 heavy (non-hydrogen) atoms. The highest BCUT2D eigenvalue weighted by Crippen LogP contribution is 2.33. The minimum atomic E-state index is -2.86. The number of methoxy groups -OCH3 is 1. The zero-order valence-corrected chi connectivity index (χ0v) is 22.8. The number of rotatable bonds is 9. The van der Waals surface area contributed by atoms with Gasteiger partial charge in [-0.2, -0.15) is 0 Å². The molecule has 0 N–H and O–H groups in total. The number of aryl methyl sites for hydroxylation is 3. The molecule has 0 unspecified atom stereocenters. The molecule has 204 valence electrons. The molecule has 5 rings (SSSR count). The number of fused-ring (bicyclic) bond motifs is 1. The van der Waals surface area contributed by atoms with Crippen LogP contribution in [0.25, 0.3) is 22.0 Å². The molecule has 1 aliphatic rings. The van der Waals surface area contributed by atoms with Crippen LogP contribution in [0.1, 0.15) is 42.8 Å². The predicted octanol–water partition coefficient (Wildman–Crippen LogP) is 6.99. The van der Waals surface area contributed by atoms with Crippen molar-refractivity contribution in [2.24, 2.45) is 0 Å². The molecular weight excluding hydrogens is 496 g/mol. The van der Waals surface area contributed by atoms with Crippen LogP contribution in [-0.4, -0.2) is 43.4 Å². The van der Waals surface area contributed by atoms with Crippen molar-refractivity contribution in [2.45, 2.75) is 45.5 Å². The van der Waals surface area contributed by atoms with Crippen LogP contribution in [0.5, 0.6) is 5.75 Å². The lowest BCUT2D eigenvalue weighted by molar-refractivity contribution is 0.0175. The first-order valence-corrected chi connectivity index (χ1v) is 13.6. The SMILES string of the molecule is CCc1cc(CCCc2nc(N3CCOCC3)c3cc(-c4ccc(C(C)(F)F)cc4)ccc3n2)ccc1OC. The second kappa shape index (κ2) is 11.7. The molecule has 0 atom stereocenters. The van der Waals surface area contributed by atoms with Gasteiger partial charge in [-0.15, -0.1) is 0 Å². The maximum Gasteiger partial charge on any atom is 0.270 e. The largest absolute Gasteiger partial charge is 0.496 e. The molecule has 1 aromatic heterocycles. The molecule has 0 bridgehead atoms. The average molecular weight is 532 g/mol. The van der Waals surface area contributed by atoms with Crippen LogP contribution in [0, 0.1) is 0 Å². The Morgan fingerprint density at radius 1 is 0.923 bits per heavy atom. The lowest BCUT2D eigenvalue weighted by Crippen LogP contribution is -2.37. The van der Waals surface area contributed by atoms with Crippen molar-refractivity contribution >= 4 is 16.7 Å². The normalized spacial score (nSPS) is 14.1. The van der Waals surface area contributed by atoms with Gasteiger partial charge >= 0.3 is 0 Å². The third-order valence-corrected chi connectivity index (χ3v) is 7.35. The van der Waals surface area contributed by atoms with Crippen molar-refractivity contribution < 1.29 is 18.3 Å². The van der Waals surface area contributed by atoms with Gasteiger partial charge in [0, 0.05) is 37.4 Å². The molecule has 0 aliphatic carbocycles. The Morgan fingerprint density at radius 3 is 2.36 bits per heavy atom. The van der Waals surface area contributed by atoms with E-state index in [0.29, 0.717) is 13.2 Å². The number of hydrogen-bond acceptors (Lipinski definition) is 5. The van der Waals surface area contributed by atoms with Crippen LogP contribution in [0.15, 0.2) is 60.7 Å². The monoisotopic (exact) mass is 531 g/mol. The van der Waals surface area contributed by atoms with Crippen LogP contribution in [0.2, 0.25) is 0 Å². The van der Waals surface area contributed by atoms with Crippen LogP contribution < -0.4 is 9.64 Å². The first kappa shape index (κ1) is 27.0. The molecule has 1 aliphatic heterocycles. The second-order valence-electron chi connectivity index (χ2n) is 10.1. The summed E-state index contributed by atoms with van der Waals surface area (Å²) in [6.07, 6.45) is 3.59. The van der Waals surface area contributed by atoms with E-state index >= 15 is 0 Å². The third-order valence-electron chi connectivity index (χ3n) is 7.35. The van der Waals surface area contributed by atoms with E-state index in [-0.39, 0.29) is 5.56 Å². The quantitative estimate of drug-likeness (QED) is 0.233. The summed E-state index contributed by atoms with van der Waals surface area (Å²) in [5.41, 5.74) is 5.24. The summed E-state index contributed by atoms with van der Waals surface area (Å²) in [5.74, 6) is -0.181. The van der Waals surface area contributed by atoms with E-state index in [0.717, 1.165) is 85.1 Å². The van der Waals surface area contributed by atoms with Gasteiger partial charge in [0.2, 0.25) is 0 Å². The number of morpholine rings is 1. The second-order valence-corrected chi connectivity index (χ2v) is 10.1. The van der Waals surface area contributed by atoms with Crippen LogP contribution in [0.3, 0.4) is 0 Å². The Morgan fingerprint density at radius 2 is 1.67 bits per heavy atom.